The summed E-state index contributed by atoms with van der Waals surface area (Å²) in [5.41, 5.74) is 1.23. The number of benzene rings is 1. The Hall–Kier alpha value is -1.83. The lowest BCUT2D eigenvalue weighted by Gasteiger charge is -2.38. The maximum atomic E-state index is 5.67. The van der Waals surface area contributed by atoms with Gasteiger partial charge in [0.25, 0.3) is 0 Å². The van der Waals surface area contributed by atoms with Crippen LogP contribution in [0.25, 0.3) is 0 Å². The fourth-order valence-electron chi connectivity index (χ4n) is 4.46. The Labute approximate surface area is 182 Å². The van der Waals surface area contributed by atoms with Crippen LogP contribution in [0.1, 0.15) is 31.4 Å². The van der Waals surface area contributed by atoms with E-state index in [1.54, 1.807) is 7.11 Å². The molecule has 0 aliphatic carbocycles. The Balaban J connectivity index is 1.70. The molecule has 30 heavy (non-hydrogen) atoms. The van der Waals surface area contributed by atoms with Crippen molar-refractivity contribution in [3.05, 3.63) is 29.8 Å². The highest BCUT2D eigenvalue weighted by molar-refractivity contribution is 5.79. The first-order valence-electron chi connectivity index (χ1n) is 11.4. The molecule has 3 rings (SSSR count). The van der Waals surface area contributed by atoms with Crippen LogP contribution in [0.15, 0.2) is 29.3 Å². The zero-order valence-electron chi connectivity index (χ0n) is 19.2. The molecule has 7 nitrogen and oxygen atoms in total. The van der Waals surface area contributed by atoms with Gasteiger partial charge in [-0.2, -0.15) is 0 Å². The first kappa shape index (κ1) is 22.8. The van der Waals surface area contributed by atoms with E-state index in [1.807, 2.05) is 6.07 Å². The molecule has 0 saturated carbocycles. The smallest absolute Gasteiger partial charge is 0.191 e. The van der Waals surface area contributed by atoms with Crippen molar-refractivity contribution in [2.45, 2.75) is 31.8 Å². The highest BCUT2D eigenvalue weighted by Gasteiger charge is 2.26. The summed E-state index contributed by atoms with van der Waals surface area (Å²) in [6.07, 6.45) is 2.52. The first-order chi connectivity index (χ1) is 14.6. The third-order valence-corrected chi connectivity index (χ3v) is 6.33. The summed E-state index contributed by atoms with van der Waals surface area (Å²) < 4.78 is 5.67. The second-order valence-electron chi connectivity index (χ2n) is 8.50. The normalized spacial score (nSPS) is 22.8. The molecule has 0 bridgehead atoms. The maximum Gasteiger partial charge on any atom is 0.191 e. The zero-order chi connectivity index (χ0) is 21.3. The van der Waals surface area contributed by atoms with Gasteiger partial charge in [0.1, 0.15) is 5.75 Å². The van der Waals surface area contributed by atoms with Crippen molar-refractivity contribution in [1.82, 2.24) is 25.3 Å². The summed E-state index contributed by atoms with van der Waals surface area (Å²) >= 11 is 0. The topological polar surface area (TPSA) is 55.4 Å². The van der Waals surface area contributed by atoms with E-state index in [0.29, 0.717) is 6.04 Å². The van der Waals surface area contributed by atoms with Gasteiger partial charge in [0.05, 0.1) is 19.7 Å². The van der Waals surface area contributed by atoms with Crippen LogP contribution in [-0.2, 0) is 0 Å². The molecule has 2 fully saturated rings. The minimum atomic E-state index is 0.239. The average Bonchev–Trinajstić information content (AvgIpc) is 3.29. The Morgan fingerprint density at radius 3 is 2.63 bits per heavy atom. The minimum absolute atomic E-state index is 0.239. The van der Waals surface area contributed by atoms with Crippen molar-refractivity contribution >= 4 is 5.96 Å². The van der Waals surface area contributed by atoms with Gasteiger partial charge in [-0.05, 0) is 53.0 Å². The molecule has 2 saturated heterocycles. The molecule has 2 heterocycles. The number of likely N-dealkylation sites (N-methyl/N-ethyl adjacent to an activating group) is 2. The number of ether oxygens (including phenoxy) is 1. The molecular formula is C23H40N6O. The summed E-state index contributed by atoms with van der Waals surface area (Å²) in [7, 11) is 6.17. The van der Waals surface area contributed by atoms with E-state index >= 15 is 0 Å². The largest absolute Gasteiger partial charge is 0.496 e. The van der Waals surface area contributed by atoms with Crippen molar-refractivity contribution in [2.75, 3.05) is 73.6 Å². The quantitative estimate of drug-likeness (QED) is 0.496. The molecule has 2 aliphatic rings. The van der Waals surface area contributed by atoms with Crippen LogP contribution in [0.4, 0.5) is 0 Å². The third kappa shape index (κ3) is 6.09. The number of piperazine rings is 1. The molecule has 2 N–H and O–H groups in total. The number of hydrogen-bond donors (Lipinski definition) is 2. The molecule has 2 aliphatic heterocycles. The van der Waals surface area contributed by atoms with Gasteiger partial charge in [-0.1, -0.05) is 18.2 Å². The van der Waals surface area contributed by atoms with E-state index in [0.717, 1.165) is 64.1 Å². The van der Waals surface area contributed by atoms with Gasteiger partial charge in [-0.25, -0.2) is 0 Å². The highest BCUT2D eigenvalue weighted by Crippen LogP contribution is 2.31. The summed E-state index contributed by atoms with van der Waals surface area (Å²) in [5.74, 6) is 1.85. The molecule has 1 aromatic rings. The van der Waals surface area contributed by atoms with Gasteiger partial charge in [-0.3, -0.25) is 14.8 Å². The SMILES string of the molecule is CCNC(=NCC(c1ccccc1OC)N1CCCC1)NCC1CN(C)CCN1C. The molecule has 0 radical (unpaired) electrons. The van der Waals surface area contributed by atoms with Gasteiger partial charge < -0.3 is 20.3 Å². The zero-order valence-corrected chi connectivity index (χ0v) is 19.2. The predicted octanol–water partition coefficient (Wildman–Crippen LogP) is 1.63. The van der Waals surface area contributed by atoms with Gasteiger partial charge in [0.2, 0.25) is 0 Å². The van der Waals surface area contributed by atoms with E-state index in [9.17, 15) is 0 Å². The van der Waals surface area contributed by atoms with Gasteiger partial charge in [-0.15, -0.1) is 0 Å². The molecular weight excluding hydrogens is 376 g/mol. The molecule has 1 aromatic carbocycles. The van der Waals surface area contributed by atoms with Crippen molar-refractivity contribution < 1.29 is 4.74 Å². The molecule has 2 unspecified atom stereocenters. The summed E-state index contributed by atoms with van der Waals surface area (Å²) in [4.78, 5) is 12.4. The summed E-state index contributed by atoms with van der Waals surface area (Å²) in [6, 6.07) is 9.11. The van der Waals surface area contributed by atoms with E-state index in [1.165, 1.54) is 18.4 Å². The monoisotopic (exact) mass is 416 g/mol. The molecule has 0 amide bonds. The molecule has 168 valence electrons. The van der Waals surface area contributed by atoms with Crippen molar-refractivity contribution in [1.29, 1.82) is 0 Å². The number of nitrogens with zero attached hydrogens (tertiary/aromatic N) is 4. The first-order valence-corrected chi connectivity index (χ1v) is 11.4. The average molecular weight is 417 g/mol. The number of methoxy groups -OCH3 is 1. The Kier molecular flexibility index (Phi) is 8.78. The molecule has 0 spiro atoms. The van der Waals surface area contributed by atoms with Gasteiger partial charge >= 0.3 is 0 Å². The second-order valence-corrected chi connectivity index (χ2v) is 8.50. The van der Waals surface area contributed by atoms with Crippen LogP contribution in [0.3, 0.4) is 0 Å². The van der Waals surface area contributed by atoms with Crippen molar-refractivity contribution in [3.8, 4) is 5.75 Å². The van der Waals surface area contributed by atoms with Crippen LogP contribution in [0.5, 0.6) is 5.75 Å². The standard InChI is InChI=1S/C23H40N6O/c1-5-24-23(25-16-19-18-27(2)14-15-28(19)3)26-17-21(29-12-8-9-13-29)20-10-6-7-11-22(20)30-4/h6-7,10-11,19,21H,5,8-9,12-18H2,1-4H3,(H2,24,25,26). The van der Waals surface area contributed by atoms with Crippen molar-refractivity contribution in [2.24, 2.45) is 4.99 Å². The molecule has 7 heteroatoms. The number of rotatable bonds is 8. The highest BCUT2D eigenvalue weighted by atomic mass is 16.5. The van der Waals surface area contributed by atoms with Gasteiger partial charge in [0.15, 0.2) is 5.96 Å². The Bertz CT molecular complexity index is 675. The number of para-hydroxylation sites is 1. The number of nitrogens with one attached hydrogen (secondary N) is 2. The fourth-order valence-corrected chi connectivity index (χ4v) is 4.46. The van der Waals surface area contributed by atoms with E-state index in [-0.39, 0.29) is 6.04 Å². The molecule has 0 aromatic heterocycles. The summed E-state index contributed by atoms with van der Waals surface area (Å²) in [6.45, 7) is 10.2. The van der Waals surface area contributed by atoms with E-state index in [4.69, 9.17) is 9.73 Å². The lowest BCUT2D eigenvalue weighted by atomic mass is 10.0. The Morgan fingerprint density at radius 1 is 1.13 bits per heavy atom. The number of guanidine groups is 1. The van der Waals surface area contributed by atoms with Crippen LogP contribution in [0, 0.1) is 0 Å². The van der Waals surface area contributed by atoms with Gasteiger partial charge in [0, 0.05) is 44.3 Å². The van der Waals surface area contributed by atoms with E-state index in [2.05, 4.69) is 64.6 Å². The summed E-state index contributed by atoms with van der Waals surface area (Å²) in [5, 5.41) is 7.02. The minimum Gasteiger partial charge on any atom is -0.496 e. The fraction of sp³-hybridized carbons (Fsp3) is 0.696. The lowest BCUT2D eigenvalue weighted by molar-refractivity contribution is 0.116. The van der Waals surface area contributed by atoms with Crippen LogP contribution in [0.2, 0.25) is 0 Å². The van der Waals surface area contributed by atoms with Crippen LogP contribution in [-0.4, -0.2) is 100 Å². The van der Waals surface area contributed by atoms with Crippen LogP contribution >= 0.6 is 0 Å². The predicted molar refractivity (Wildman–Crippen MR) is 124 cm³/mol. The number of hydrogen-bond acceptors (Lipinski definition) is 5. The lowest BCUT2D eigenvalue weighted by Crippen LogP contribution is -2.55. The van der Waals surface area contributed by atoms with Crippen molar-refractivity contribution in [3.63, 3.8) is 0 Å². The Morgan fingerprint density at radius 2 is 1.90 bits per heavy atom. The van der Waals surface area contributed by atoms with Crippen LogP contribution < -0.4 is 15.4 Å². The molecule has 2 atom stereocenters. The van der Waals surface area contributed by atoms with E-state index < -0.39 is 0 Å². The third-order valence-electron chi connectivity index (χ3n) is 6.33. The maximum absolute atomic E-state index is 5.67. The second kappa shape index (κ2) is 11.5. The number of likely N-dealkylation sites (tertiary alicyclic amines) is 1. The number of aliphatic imine (C=N–C) groups is 1.